The first-order valence-corrected chi connectivity index (χ1v) is 4.85. The molecule has 1 atom stereocenters. The SMILES string of the molecule is CCC(N)CCc1nccs1. The second-order valence-corrected chi connectivity index (χ2v) is 3.61. The maximum Gasteiger partial charge on any atom is 0.0925 e. The lowest BCUT2D eigenvalue weighted by atomic mass is 10.1. The van der Waals surface area contributed by atoms with Gasteiger partial charge in [0.1, 0.15) is 0 Å². The van der Waals surface area contributed by atoms with E-state index >= 15 is 0 Å². The van der Waals surface area contributed by atoms with Crippen molar-refractivity contribution in [1.29, 1.82) is 0 Å². The molecule has 3 heteroatoms. The van der Waals surface area contributed by atoms with Crippen molar-refractivity contribution < 1.29 is 0 Å². The summed E-state index contributed by atoms with van der Waals surface area (Å²) < 4.78 is 0. The zero-order chi connectivity index (χ0) is 8.10. The quantitative estimate of drug-likeness (QED) is 0.748. The highest BCUT2D eigenvalue weighted by Crippen LogP contribution is 2.08. The van der Waals surface area contributed by atoms with Crippen LogP contribution < -0.4 is 5.73 Å². The number of aryl methyl sites for hydroxylation is 1. The average Bonchev–Trinajstić information content (AvgIpc) is 2.52. The number of hydrogen-bond acceptors (Lipinski definition) is 3. The fourth-order valence-electron chi connectivity index (χ4n) is 0.889. The first-order valence-electron chi connectivity index (χ1n) is 3.97. The third kappa shape index (κ3) is 2.99. The lowest BCUT2D eigenvalue weighted by Gasteiger charge is -2.05. The zero-order valence-corrected chi connectivity index (χ0v) is 7.60. The van der Waals surface area contributed by atoms with E-state index in [9.17, 15) is 0 Å². The van der Waals surface area contributed by atoms with E-state index in [2.05, 4.69) is 11.9 Å². The summed E-state index contributed by atoms with van der Waals surface area (Å²) in [6.07, 6.45) is 5.00. The first-order chi connectivity index (χ1) is 5.33. The van der Waals surface area contributed by atoms with Gasteiger partial charge in [-0.05, 0) is 12.8 Å². The Hall–Kier alpha value is -0.410. The van der Waals surface area contributed by atoms with Gasteiger partial charge in [0, 0.05) is 24.0 Å². The van der Waals surface area contributed by atoms with E-state index in [1.807, 2.05) is 11.6 Å². The van der Waals surface area contributed by atoms with Gasteiger partial charge in [-0.3, -0.25) is 0 Å². The van der Waals surface area contributed by atoms with Crippen LogP contribution in [0.5, 0.6) is 0 Å². The number of nitrogens with two attached hydrogens (primary N) is 1. The lowest BCUT2D eigenvalue weighted by Crippen LogP contribution is -2.18. The van der Waals surface area contributed by atoms with Gasteiger partial charge >= 0.3 is 0 Å². The highest BCUT2D eigenvalue weighted by Gasteiger charge is 2.00. The Kier molecular flexibility index (Phi) is 3.52. The van der Waals surface area contributed by atoms with E-state index < -0.39 is 0 Å². The molecule has 0 spiro atoms. The van der Waals surface area contributed by atoms with Crippen LogP contribution in [-0.2, 0) is 6.42 Å². The number of rotatable bonds is 4. The van der Waals surface area contributed by atoms with Crippen LogP contribution in [0.15, 0.2) is 11.6 Å². The summed E-state index contributed by atoms with van der Waals surface area (Å²) in [5, 5.41) is 3.21. The van der Waals surface area contributed by atoms with Gasteiger partial charge in [0.15, 0.2) is 0 Å². The molecule has 0 bridgehead atoms. The molecular weight excluding hydrogens is 156 g/mol. The molecule has 1 heterocycles. The van der Waals surface area contributed by atoms with Gasteiger partial charge in [-0.25, -0.2) is 4.98 Å². The molecular formula is C8H14N2S. The molecule has 1 aromatic heterocycles. The van der Waals surface area contributed by atoms with E-state index in [0.717, 1.165) is 19.3 Å². The van der Waals surface area contributed by atoms with Gasteiger partial charge in [-0.15, -0.1) is 11.3 Å². The molecule has 0 amide bonds. The fraction of sp³-hybridized carbons (Fsp3) is 0.625. The molecule has 11 heavy (non-hydrogen) atoms. The van der Waals surface area contributed by atoms with E-state index in [1.54, 1.807) is 11.3 Å². The van der Waals surface area contributed by atoms with Crippen LogP contribution in [0.1, 0.15) is 24.8 Å². The average molecular weight is 170 g/mol. The van der Waals surface area contributed by atoms with Crippen molar-refractivity contribution >= 4 is 11.3 Å². The molecule has 0 aliphatic carbocycles. The Balaban J connectivity index is 2.23. The van der Waals surface area contributed by atoms with E-state index in [-0.39, 0.29) is 0 Å². The standard InChI is InChI=1S/C8H14N2S/c1-2-7(9)3-4-8-10-5-6-11-8/h5-7H,2-4,9H2,1H3. The first kappa shape index (κ1) is 8.68. The third-order valence-corrected chi connectivity index (χ3v) is 2.58. The van der Waals surface area contributed by atoms with E-state index in [4.69, 9.17) is 5.73 Å². The molecule has 0 saturated heterocycles. The molecule has 2 N–H and O–H groups in total. The minimum absolute atomic E-state index is 0.346. The van der Waals surface area contributed by atoms with Crippen molar-refractivity contribution in [1.82, 2.24) is 4.98 Å². The predicted octanol–water partition coefficient (Wildman–Crippen LogP) is 1.81. The fourth-order valence-corrected chi connectivity index (χ4v) is 1.53. The number of nitrogens with zero attached hydrogens (tertiary/aromatic N) is 1. The Morgan fingerprint density at radius 2 is 2.55 bits per heavy atom. The van der Waals surface area contributed by atoms with Crippen molar-refractivity contribution in [3.8, 4) is 0 Å². The minimum Gasteiger partial charge on any atom is -0.328 e. The van der Waals surface area contributed by atoms with Crippen molar-refractivity contribution in [3.05, 3.63) is 16.6 Å². The summed E-state index contributed by atoms with van der Waals surface area (Å²) in [6.45, 7) is 2.12. The van der Waals surface area contributed by atoms with Gasteiger partial charge in [0.25, 0.3) is 0 Å². The molecule has 1 rings (SSSR count). The topological polar surface area (TPSA) is 38.9 Å². The van der Waals surface area contributed by atoms with Crippen LogP contribution in [0.4, 0.5) is 0 Å². The van der Waals surface area contributed by atoms with Crippen molar-refractivity contribution in [3.63, 3.8) is 0 Å². The third-order valence-electron chi connectivity index (χ3n) is 1.74. The normalized spacial score (nSPS) is 13.3. The molecule has 0 radical (unpaired) electrons. The molecule has 0 saturated carbocycles. The van der Waals surface area contributed by atoms with Crippen molar-refractivity contribution in [2.24, 2.45) is 5.73 Å². The molecule has 2 nitrogen and oxygen atoms in total. The van der Waals surface area contributed by atoms with Crippen LogP contribution >= 0.6 is 11.3 Å². The summed E-state index contributed by atoms with van der Waals surface area (Å²) in [5.74, 6) is 0. The largest absolute Gasteiger partial charge is 0.328 e. The summed E-state index contributed by atoms with van der Waals surface area (Å²) in [4.78, 5) is 4.19. The second kappa shape index (κ2) is 4.46. The lowest BCUT2D eigenvalue weighted by molar-refractivity contribution is 0.595. The van der Waals surface area contributed by atoms with Gasteiger partial charge in [0.05, 0.1) is 5.01 Å². The number of hydrogen-bond donors (Lipinski definition) is 1. The summed E-state index contributed by atoms with van der Waals surface area (Å²) >= 11 is 1.71. The van der Waals surface area contributed by atoms with Crippen molar-refractivity contribution in [2.75, 3.05) is 0 Å². The highest BCUT2D eigenvalue weighted by molar-refractivity contribution is 7.09. The van der Waals surface area contributed by atoms with Crippen LogP contribution in [0.25, 0.3) is 0 Å². The number of aromatic nitrogens is 1. The maximum absolute atomic E-state index is 5.77. The predicted molar refractivity (Wildman–Crippen MR) is 48.7 cm³/mol. The van der Waals surface area contributed by atoms with Gasteiger partial charge in [-0.2, -0.15) is 0 Å². The Morgan fingerprint density at radius 3 is 3.09 bits per heavy atom. The smallest absolute Gasteiger partial charge is 0.0925 e. The van der Waals surface area contributed by atoms with Gasteiger partial charge in [0.2, 0.25) is 0 Å². The Bertz CT molecular complexity index is 184. The van der Waals surface area contributed by atoms with Crippen molar-refractivity contribution in [2.45, 2.75) is 32.2 Å². The highest BCUT2D eigenvalue weighted by atomic mass is 32.1. The molecule has 1 aromatic rings. The van der Waals surface area contributed by atoms with Gasteiger partial charge in [-0.1, -0.05) is 6.92 Å². The van der Waals surface area contributed by atoms with Crippen LogP contribution in [0, 0.1) is 0 Å². The van der Waals surface area contributed by atoms with Crippen LogP contribution in [0.2, 0.25) is 0 Å². The molecule has 0 aliphatic rings. The minimum atomic E-state index is 0.346. The molecule has 0 aliphatic heterocycles. The van der Waals surface area contributed by atoms with Crippen LogP contribution in [-0.4, -0.2) is 11.0 Å². The summed E-state index contributed by atoms with van der Waals surface area (Å²) in [5.41, 5.74) is 5.77. The Labute approximate surface area is 71.5 Å². The van der Waals surface area contributed by atoms with E-state index in [1.165, 1.54) is 5.01 Å². The van der Waals surface area contributed by atoms with Crippen LogP contribution in [0.3, 0.4) is 0 Å². The molecule has 62 valence electrons. The molecule has 0 fully saturated rings. The summed E-state index contributed by atoms with van der Waals surface area (Å²) in [6, 6.07) is 0.346. The van der Waals surface area contributed by atoms with E-state index in [0.29, 0.717) is 6.04 Å². The monoisotopic (exact) mass is 170 g/mol. The molecule has 1 unspecified atom stereocenters. The maximum atomic E-state index is 5.77. The second-order valence-electron chi connectivity index (χ2n) is 2.63. The summed E-state index contributed by atoms with van der Waals surface area (Å²) in [7, 11) is 0. The zero-order valence-electron chi connectivity index (χ0n) is 6.79. The molecule has 0 aromatic carbocycles. The van der Waals surface area contributed by atoms with Gasteiger partial charge < -0.3 is 5.73 Å². The number of thiazole rings is 1. The Morgan fingerprint density at radius 1 is 1.73 bits per heavy atom.